The lowest BCUT2D eigenvalue weighted by molar-refractivity contribution is 0.132. The first-order valence-electron chi connectivity index (χ1n) is 11.4. The van der Waals surface area contributed by atoms with Crippen LogP contribution in [-0.2, 0) is 11.4 Å². The van der Waals surface area contributed by atoms with Gasteiger partial charge in [-0.25, -0.2) is 0 Å². The van der Waals surface area contributed by atoms with Gasteiger partial charge in [-0.2, -0.15) is 0 Å². The highest BCUT2D eigenvalue weighted by Crippen LogP contribution is 2.25. The number of phenolic OH excluding ortho intramolecular Hbond substituents is 1. The summed E-state index contributed by atoms with van der Waals surface area (Å²) in [4.78, 5) is 16.2. The third-order valence-corrected chi connectivity index (χ3v) is 5.01. The quantitative estimate of drug-likeness (QED) is 0.210. The molecule has 0 heterocycles. The average Bonchev–Trinajstić information content (AvgIpc) is 2.94. The Labute approximate surface area is 214 Å². The van der Waals surface area contributed by atoms with Gasteiger partial charge in [-0.1, -0.05) is 57.9 Å². The third-order valence-electron chi connectivity index (χ3n) is 5.01. The monoisotopic (exact) mass is 495 g/mol. The van der Waals surface area contributed by atoms with Crippen molar-refractivity contribution in [2.45, 2.75) is 6.61 Å². The molecule has 0 saturated heterocycles. The smallest absolute Gasteiger partial charge is 0.161 e. The highest BCUT2D eigenvalue weighted by atomic mass is 16.6. The van der Waals surface area contributed by atoms with E-state index in [1.165, 1.54) is 19.4 Å². The number of hydrogen-bond donors (Lipinski definition) is 1. The lowest BCUT2D eigenvalue weighted by Gasteiger charge is -2.03. The predicted octanol–water partition coefficient (Wildman–Crippen LogP) is 5.78. The molecule has 0 atom stereocenters. The van der Waals surface area contributed by atoms with Crippen molar-refractivity contribution < 1.29 is 24.4 Å². The van der Waals surface area contributed by atoms with Crippen LogP contribution >= 0.6 is 0 Å². The lowest BCUT2D eigenvalue weighted by Crippen LogP contribution is -1.91. The van der Waals surface area contributed by atoms with E-state index in [1.54, 1.807) is 48.8 Å². The van der Waals surface area contributed by atoms with Crippen molar-refractivity contribution in [2.24, 2.45) is 15.5 Å². The van der Waals surface area contributed by atoms with Crippen molar-refractivity contribution in [1.82, 2.24) is 0 Å². The van der Waals surface area contributed by atoms with Gasteiger partial charge in [0.05, 0.1) is 25.8 Å². The average molecular weight is 496 g/mol. The topological polar surface area (TPSA) is 94.2 Å². The number of phenols is 1. The Balaban J connectivity index is 1.25. The van der Waals surface area contributed by atoms with Crippen molar-refractivity contribution >= 4 is 18.6 Å². The number of methoxy groups -OCH3 is 1. The second-order valence-electron chi connectivity index (χ2n) is 7.72. The molecule has 0 fully saturated rings. The van der Waals surface area contributed by atoms with Crippen LogP contribution in [0.3, 0.4) is 0 Å². The van der Waals surface area contributed by atoms with Crippen molar-refractivity contribution in [3.8, 4) is 23.0 Å². The Morgan fingerprint density at radius 1 is 0.649 bits per heavy atom. The van der Waals surface area contributed by atoms with Gasteiger partial charge in [0.2, 0.25) is 0 Å². The lowest BCUT2D eigenvalue weighted by atomic mass is 10.2. The molecule has 186 valence electrons. The predicted molar refractivity (Wildman–Crippen MR) is 143 cm³/mol. The first kappa shape index (κ1) is 25.0. The molecule has 0 aliphatic rings. The molecule has 0 aliphatic heterocycles. The number of ether oxygens (including phenoxy) is 1. The summed E-state index contributed by atoms with van der Waals surface area (Å²) < 4.78 is 5.09. The van der Waals surface area contributed by atoms with Crippen LogP contribution in [0.25, 0.3) is 0 Å². The highest BCUT2D eigenvalue weighted by Gasteiger charge is 2.01. The van der Waals surface area contributed by atoms with Gasteiger partial charge in [0.25, 0.3) is 0 Å². The second-order valence-corrected chi connectivity index (χ2v) is 7.72. The van der Waals surface area contributed by atoms with Gasteiger partial charge in [0.1, 0.15) is 6.61 Å². The first-order valence-corrected chi connectivity index (χ1v) is 11.4. The first-order chi connectivity index (χ1) is 18.2. The Hall–Kier alpha value is -5.11. The molecular formula is C29H25N3O5. The van der Waals surface area contributed by atoms with E-state index >= 15 is 0 Å². The second kappa shape index (κ2) is 13.1. The van der Waals surface area contributed by atoms with E-state index in [9.17, 15) is 5.11 Å². The SMILES string of the molecule is COc1cc(/C=N/Oc2cccc(/C=N/Oc3ccc(/C=N/OCc4ccccc4)cc3)c2)ccc1O. The molecule has 4 rings (SSSR count). The number of hydrogen-bond acceptors (Lipinski definition) is 8. The summed E-state index contributed by atoms with van der Waals surface area (Å²) in [5.74, 6) is 1.53. The van der Waals surface area contributed by atoms with Crippen molar-refractivity contribution in [3.63, 3.8) is 0 Å². The molecule has 0 amide bonds. The third kappa shape index (κ3) is 7.97. The molecule has 0 aliphatic carbocycles. The van der Waals surface area contributed by atoms with Gasteiger partial charge in [-0.15, -0.1) is 0 Å². The van der Waals surface area contributed by atoms with Crippen LogP contribution in [0.4, 0.5) is 0 Å². The molecule has 8 heteroatoms. The summed E-state index contributed by atoms with van der Waals surface area (Å²) in [6.07, 6.45) is 4.74. The van der Waals surface area contributed by atoms with E-state index in [2.05, 4.69) is 15.5 Å². The molecule has 0 unspecified atom stereocenters. The van der Waals surface area contributed by atoms with Crippen LogP contribution in [0.15, 0.2) is 113 Å². The molecule has 0 spiro atoms. The number of oxime groups is 3. The molecule has 4 aromatic rings. The van der Waals surface area contributed by atoms with Crippen molar-refractivity contribution in [3.05, 3.63) is 119 Å². The minimum absolute atomic E-state index is 0.0590. The molecule has 0 bridgehead atoms. The van der Waals surface area contributed by atoms with Crippen molar-refractivity contribution in [1.29, 1.82) is 0 Å². The van der Waals surface area contributed by atoms with Gasteiger partial charge < -0.3 is 24.4 Å². The maximum Gasteiger partial charge on any atom is 0.161 e. The number of rotatable bonds is 11. The van der Waals surface area contributed by atoms with Crippen molar-refractivity contribution in [2.75, 3.05) is 7.11 Å². The fraction of sp³-hybridized carbons (Fsp3) is 0.0690. The number of aromatic hydroxyl groups is 1. The molecule has 8 nitrogen and oxygen atoms in total. The summed E-state index contributed by atoms with van der Waals surface area (Å²) in [6.45, 7) is 0.416. The van der Waals surface area contributed by atoms with Gasteiger partial charge in [0.15, 0.2) is 23.0 Å². The standard InChI is InChI=1S/C29H25N3O5/c1-34-29-17-25(12-15-28(29)33)20-32-37-27-9-5-8-24(16-27)19-31-36-26-13-10-22(11-14-26)18-30-35-21-23-6-3-2-4-7-23/h2-20,33H,21H2,1H3/b30-18+,31-19+,32-20+. The Kier molecular flexibility index (Phi) is 8.85. The largest absolute Gasteiger partial charge is 0.504 e. The molecule has 1 N–H and O–H groups in total. The Bertz CT molecular complexity index is 1370. The minimum atomic E-state index is 0.0590. The van der Waals surface area contributed by atoms with Crippen LogP contribution in [0, 0.1) is 0 Å². The molecule has 4 aromatic carbocycles. The highest BCUT2D eigenvalue weighted by molar-refractivity contribution is 5.81. The van der Waals surface area contributed by atoms with E-state index < -0.39 is 0 Å². The van der Waals surface area contributed by atoms with Crippen LogP contribution in [-0.4, -0.2) is 30.9 Å². The van der Waals surface area contributed by atoms with Crippen LogP contribution < -0.4 is 14.4 Å². The van der Waals surface area contributed by atoms with E-state index in [0.717, 1.165) is 22.3 Å². The zero-order valence-corrected chi connectivity index (χ0v) is 20.1. The zero-order chi connectivity index (χ0) is 25.7. The van der Waals surface area contributed by atoms with Crippen LogP contribution in [0.5, 0.6) is 23.0 Å². The minimum Gasteiger partial charge on any atom is -0.504 e. The fourth-order valence-corrected chi connectivity index (χ4v) is 3.12. The molecule has 0 aromatic heterocycles. The molecule has 37 heavy (non-hydrogen) atoms. The van der Waals surface area contributed by atoms with E-state index in [0.29, 0.717) is 23.9 Å². The maximum atomic E-state index is 9.66. The number of nitrogens with zero attached hydrogens (tertiary/aromatic N) is 3. The maximum absolute atomic E-state index is 9.66. The van der Waals surface area contributed by atoms with E-state index in [1.807, 2.05) is 54.6 Å². The van der Waals surface area contributed by atoms with Crippen LogP contribution in [0.1, 0.15) is 22.3 Å². The fourth-order valence-electron chi connectivity index (χ4n) is 3.12. The Morgan fingerprint density at radius 3 is 2.08 bits per heavy atom. The summed E-state index contributed by atoms with van der Waals surface area (Å²) in [7, 11) is 1.48. The summed E-state index contributed by atoms with van der Waals surface area (Å²) in [5, 5.41) is 21.7. The van der Waals surface area contributed by atoms with Gasteiger partial charge in [-0.05, 0) is 71.3 Å². The normalized spacial score (nSPS) is 11.3. The summed E-state index contributed by atoms with van der Waals surface area (Å²) in [6, 6.07) is 29.3. The van der Waals surface area contributed by atoms with E-state index in [-0.39, 0.29) is 5.75 Å². The van der Waals surface area contributed by atoms with Gasteiger partial charge >= 0.3 is 0 Å². The molecular weight excluding hydrogens is 470 g/mol. The Morgan fingerprint density at radius 2 is 1.32 bits per heavy atom. The summed E-state index contributed by atoms with van der Waals surface area (Å²) >= 11 is 0. The number of benzene rings is 4. The van der Waals surface area contributed by atoms with Gasteiger partial charge in [0, 0.05) is 5.56 Å². The molecule has 0 radical (unpaired) electrons. The summed E-state index contributed by atoms with van der Waals surface area (Å²) in [5.41, 5.74) is 3.43. The van der Waals surface area contributed by atoms with E-state index in [4.69, 9.17) is 19.2 Å². The zero-order valence-electron chi connectivity index (χ0n) is 20.1. The molecule has 0 saturated carbocycles. The van der Waals surface area contributed by atoms with Crippen LogP contribution in [0.2, 0.25) is 0 Å². The van der Waals surface area contributed by atoms with Gasteiger partial charge in [-0.3, -0.25) is 0 Å².